The van der Waals surface area contributed by atoms with Crippen molar-refractivity contribution < 1.29 is 23.1 Å². The lowest BCUT2D eigenvalue weighted by atomic mass is 9.96. The average molecular weight is 304 g/mol. The second kappa shape index (κ2) is 5.23. The molecule has 7 nitrogen and oxygen atoms in total. The summed E-state index contributed by atoms with van der Waals surface area (Å²) in [4.78, 5) is 23.2. The van der Waals surface area contributed by atoms with Crippen molar-refractivity contribution in [2.75, 3.05) is 11.5 Å². The van der Waals surface area contributed by atoms with Crippen LogP contribution in [0.25, 0.3) is 0 Å². The van der Waals surface area contributed by atoms with Crippen LogP contribution in [0.1, 0.15) is 32.6 Å². The van der Waals surface area contributed by atoms with Gasteiger partial charge in [-0.05, 0) is 38.5 Å². The van der Waals surface area contributed by atoms with Gasteiger partial charge in [0.2, 0.25) is 0 Å². The van der Waals surface area contributed by atoms with E-state index in [1.54, 1.807) is 0 Å². The van der Waals surface area contributed by atoms with Crippen molar-refractivity contribution in [1.29, 1.82) is 0 Å². The SMILES string of the molecule is CC(NC(=O)NC1CCCS(=O)(=O)C1)(C(=O)O)C1CC1. The Hall–Kier alpha value is -1.31. The van der Waals surface area contributed by atoms with Crippen molar-refractivity contribution in [2.45, 2.75) is 44.2 Å². The fraction of sp³-hybridized carbons (Fsp3) is 0.833. The largest absolute Gasteiger partial charge is 0.480 e. The molecule has 2 fully saturated rings. The third-order valence-electron chi connectivity index (χ3n) is 4.01. The molecule has 114 valence electrons. The predicted octanol–water partition coefficient (Wildman–Crippen LogP) is 0.116. The summed E-state index contributed by atoms with van der Waals surface area (Å²) in [5, 5.41) is 14.3. The highest BCUT2D eigenvalue weighted by Gasteiger charge is 2.48. The number of carboxylic acid groups (broad SMARTS) is 1. The lowest BCUT2D eigenvalue weighted by Gasteiger charge is -2.29. The molecule has 1 aliphatic carbocycles. The number of rotatable bonds is 4. The minimum absolute atomic E-state index is 0.0548. The van der Waals surface area contributed by atoms with E-state index >= 15 is 0 Å². The van der Waals surface area contributed by atoms with E-state index in [0.717, 1.165) is 12.8 Å². The molecule has 0 aromatic rings. The summed E-state index contributed by atoms with van der Waals surface area (Å²) in [5.74, 6) is -1.04. The van der Waals surface area contributed by atoms with Crippen LogP contribution in [0.4, 0.5) is 4.79 Å². The maximum absolute atomic E-state index is 11.9. The van der Waals surface area contributed by atoms with Gasteiger partial charge in [-0.2, -0.15) is 0 Å². The van der Waals surface area contributed by atoms with Crippen molar-refractivity contribution in [3.8, 4) is 0 Å². The minimum atomic E-state index is -3.10. The maximum Gasteiger partial charge on any atom is 0.329 e. The summed E-state index contributed by atoms with van der Waals surface area (Å²) in [7, 11) is -3.10. The Balaban J connectivity index is 1.93. The van der Waals surface area contributed by atoms with E-state index in [1.165, 1.54) is 6.92 Å². The topological polar surface area (TPSA) is 113 Å². The quantitative estimate of drug-likeness (QED) is 0.682. The Labute approximate surface area is 118 Å². The zero-order valence-corrected chi connectivity index (χ0v) is 12.2. The molecule has 1 saturated heterocycles. The molecule has 0 aromatic carbocycles. The van der Waals surface area contributed by atoms with Gasteiger partial charge in [0.15, 0.2) is 9.84 Å². The van der Waals surface area contributed by atoms with Gasteiger partial charge in [-0.1, -0.05) is 0 Å². The molecule has 0 spiro atoms. The zero-order chi connectivity index (χ0) is 15.0. The van der Waals surface area contributed by atoms with Crippen molar-refractivity contribution in [3.05, 3.63) is 0 Å². The summed E-state index contributed by atoms with van der Waals surface area (Å²) >= 11 is 0. The predicted molar refractivity (Wildman–Crippen MR) is 72.1 cm³/mol. The average Bonchev–Trinajstić information content (AvgIpc) is 3.10. The van der Waals surface area contributed by atoms with Crippen molar-refractivity contribution >= 4 is 21.8 Å². The van der Waals surface area contributed by atoms with E-state index in [4.69, 9.17) is 0 Å². The number of carbonyl (C=O) groups excluding carboxylic acids is 1. The van der Waals surface area contributed by atoms with Crippen LogP contribution in [0.5, 0.6) is 0 Å². The van der Waals surface area contributed by atoms with Gasteiger partial charge in [0.05, 0.1) is 11.5 Å². The Kier molecular flexibility index (Phi) is 3.95. The molecule has 0 radical (unpaired) electrons. The fourth-order valence-electron chi connectivity index (χ4n) is 2.58. The molecule has 1 aliphatic heterocycles. The summed E-state index contributed by atoms with van der Waals surface area (Å²) < 4.78 is 23.0. The van der Waals surface area contributed by atoms with Crippen LogP contribution in [0.2, 0.25) is 0 Å². The number of sulfone groups is 1. The molecule has 8 heteroatoms. The molecule has 2 unspecified atom stereocenters. The molecule has 1 heterocycles. The van der Waals surface area contributed by atoms with Crippen molar-refractivity contribution in [1.82, 2.24) is 10.6 Å². The molecule has 2 amide bonds. The third kappa shape index (κ3) is 3.41. The Morgan fingerprint density at radius 2 is 1.90 bits per heavy atom. The molecule has 2 aliphatic rings. The highest BCUT2D eigenvalue weighted by atomic mass is 32.2. The van der Waals surface area contributed by atoms with Crippen LogP contribution in [0.15, 0.2) is 0 Å². The molecule has 0 aromatic heterocycles. The lowest BCUT2D eigenvalue weighted by Crippen LogP contribution is -2.58. The number of nitrogens with one attached hydrogen (secondary N) is 2. The van der Waals surface area contributed by atoms with Crippen LogP contribution in [-0.4, -0.2) is 48.6 Å². The van der Waals surface area contributed by atoms with Gasteiger partial charge < -0.3 is 15.7 Å². The highest BCUT2D eigenvalue weighted by Crippen LogP contribution is 2.39. The number of hydrogen-bond donors (Lipinski definition) is 3. The summed E-state index contributed by atoms with van der Waals surface area (Å²) in [6, 6.07) is -1.05. The second-order valence-corrected chi connectivity index (χ2v) is 8.06. The molecule has 2 rings (SSSR count). The van der Waals surface area contributed by atoms with E-state index in [1.807, 2.05) is 0 Å². The van der Waals surface area contributed by atoms with Gasteiger partial charge >= 0.3 is 12.0 Å². The Morgan fingerprint density at radius 1 is 1.25 bits per heavy atom. The van der Waals surface area contributed by atoms with Crippen molar-refractivity contribution in [3.63, 3.8) is 0 Å². The summed E-state index contributed by atoms with van der Waals surface area (Å²) in [6.45, 7) is 1.49. The first kappa shape index (κ1) is 15.1. The molecule has 0 bridgehead atoms. The standard InChI is InChI=1S/C12H20N2O5S/c1-12(10(15)16,8-4-5-8)14-11(17)13-9-3-2-6-20(18,19)7-9/h8-9H,2-7H2,1H3,(H,15,16)(H2,13,14,17). The molecule has 20 heavy (non-hydrogen) atoms. The van der Waals surface area contributed by atoms with Gasteiger partial charge in [-0.25, -0.2) is 18.0 Å². The van der Waals surface area contributed by atoms with Crippen LogP contribution < -0.4 is 10.6 Å². The fourth-order valence-corrected chi connectivity index (χ4v) is 4.22. The van der Waals surface area contributed by atoms with Crippen LogP contribution in [-0.2, 0) is 14.6 Å². The number of aliphatic carboxylic acids is 1. The first-order valence-electron chi connectivity index (χ1n) is 6.75. The lowest BCUT2D eigenvalue weighted by molar-refractivity contribution is -0.144. The van der Waals surface area contributed by atoms with Gasteiger partial charge in [0, 0.05) is 6.04 Å². The van der Waals surface area contributed by atoms with Gasteiger partial charge in [-0.15, -0.1) is 0 Å². The van der Waals surface area contributed by atoms with E-state index in [9.17, 15) is 23.1 Å². The normalized spacial score (nSPS) is 28.1. The molecule has 3 N–H and O–H groups in total. The summed E-state index contributed by atoms with van der Waals surface area (Å²) in [5.41, 5.74) is -1.28. The van der Waals surface area contributed by atoms with Crippen LogP contribution in [0.3, 0.4) is 0 Å². The van der Waals surface area contributed by atoms with Gasteiger partial charge in [-0.3, -0.25) is 0 Å². The zero-order valence-electron chi connectivity index (χ0n) is 11.4. The second-order valence-electron chi connectivity index (χ2n) is 5.83. The maximum atomic E-state index is 11.9. The van der Waals surface area contributed by atoms with E-state index < -0.39 is 33.4 Å². The first-order chi connectivity index (χ1) is 9.23. The molecule has 1 saturated carbocycles. The van der Waals surface area contributed by atoms with Gasteiger partial charge in [0.25, 0.3) is 0 Å². The number of carboxylic acids is 1. The smallest absolute Gasteiger partial charge is 0.329 e. The van der Waals surface area contributed by atoms with Crippen molar-refractivity contribution in [2.24, 2.45) is 5.92 Å². The van der Waals surface area contributed by atoms with Crippen LogP contribution >= 0.6 is 0 Å². The Bertz CT molecular complexity index is 514. The van der Waals surface area contributed by atoms with E-state index in [-0.39, 0.29) is 17.4 Å². The number of hydrogen-bond acceptors (Lipinski definition) is 4. The third-order valence-corrected chi connectivity index (χ3v) is 5.83. The Morgan fingerprint density at radius 3 is 2.40 bits per heavy atom. The summed E-state index contributed by atoms with van der Waals surface area (Å²) in [6.07, 6.45) is 2.67. The number of amides is 2. The molecular formula is C12H20N2O5S. The minimum Gasteiger partial charge on any atom is -0.480 e. The molecule has 2 atom stereocenters. The van der Waals surface area contributed by atoms with Crippen LogP contribution in [0, 0.1) is 5.92 Å². The first-order valence-corrected chi connectivity index (χ1v) is 8.57. The molecular weight excluding hydrogens is 284 g/mol. The van der Waals surface area contributed by atoms with Gasteiger partial charge in [0.1, 0.15) is 5.54 Å². The monoisotopic (exact) mass is 304 g/mol. The van der Waals surface area contributed by atoms with E-state index in [0.29, 0.717) is 12.8 Å². The number of urea groups is 1. The number of carbonyl (C=O) groups is 2. The van der Waals surface area contributed by atoms with E-state index in [2.05, 4.69) is 10.6 Å². The highest BCUT2D eigenvalue weighted by molar-refractivity contribution is 7.91.